The number of carbonyl (C=O) groups is 1. The third-order valence-electron chi connectivity index (χ3n) is 3.03. The topological polar surface area (TPSA) is 66.9 Å². The van der Waals surface area contributed by atoms with Crippen LogP contribution in [0.2, 0.25) is 0 Å². The molecule has 3 aromatic rings. The molecule has 110 valence electrons. The van der Waals surface area contributed by atoms with Crippen LogP contribution in [0.3, 0.4) is 0 Å². The van der Waals surface area contributed by atoms with Crippen LogP contribution >= 0.6 is 11.3 Å². The number of H-pyrrole nitrogens is 1. The normalized spacial score (nSPS) is 10.0. The Morgan fingerprint density at radius 2 is 2.24 bits per heavy atom. The van der Waals surface area contributed by atoms with Crippen molar-refractivity contribution in [3.8, 4) is 0 Å². The minimum Gasteiger partial charge on any atom is -0.357 e. The van der Waals surface area contributed by atoms with Crippen LogP contribution < -0.4 is 10.9 Å². The second-order valence-electron chi connectivity index (χ2n) is 4.57. The van der Waals surface area contributed by atoms with Gasteiger partial charge >= 0.3 is 0 Å². The lowest BCUT2D eigenvalue weighted by molar-refractivity contribution is -0.109. The number of nitrogens with one attached hydrogen (secondary N) is 2. The summed E-state index contributed by atoms with van der Waals surface area (Å²) >= 11 is 1.64. The zero-order valence-electron chi connectivity index (χ0n) is 11.9. The van der Waals surface area contributed by atoms with Gasteiger partial charge < -0.3 is 14.9 Å². The number of aryl methyl sites for hydroxylation is 2. The van der Waals surface area contributed by atoms with E-state index in [0.717, 1.165) is 10.9 Å². The van der Waals surface area contributed by atoms with E-state index in [1.54, 1.807) is 29.1 Å². The van der Waals surface area contributed by atoms with Gasteiger partial charge in [0.25, 0.3) is 5.56 Å². The molecule has 3 rings (SSSR count). The van der Waals surface area contributed by atoms with Crippen LogP contribution in [0.5, 0.6) is 0 Å². The molecule has 2 N–H and O–H groups in total. The molecule has 6 heteroatoms. The molecule has 0 aliphatic rings. The van der Waals surface area contributed by atoms with Crippen molar-refractivity contribution in [3.63, 3.8) is 0 Å². The van der Waals surface area contributed by atoms with E-state index in [-0.39, 0.29) is 5.56 Å². The lowest BCUT2D eigenvalue weighted by atomic mass is 10.2. The fraction of sp³-hybridized carbons (Fsp3) is 0.200. The van der Waals surface area contributed by atoms with Gasteiger partial charge in [0.15, 0.2) is 0 Å². The Morgan fingerprint density at radius 1 is 1.43 bits per heavy atom. The molecule has 0 bridgehead atoms. The fourth-order valence-electron chi connectivity index (χ4n) is 2.03. The van der Waals surface area contributed by atoms with Crippen molar-refractivity contribution >= 4 is 28.6 Å². The second-order valence-corrected chi connectivity index (χ2v) is 5.60. The number of thiophene rings is 1. The number of pyridine rings is 1. The van der Waals surface area contributed by atoms with Crippen molar-refractivity contribution in [3.05, 3.63) is 56.8 Å². The van der Waals surface area contributed by atoms with Gasteiger partial charge in [-0.05, 0) is 30.0 Å². The molecule has 0 aliphatic heterocycles. The van der Waals surface area contributed by atoms with E-state index in [1.807, 2.05) is 36.7 Å². The molecule has 0 unspecified atom stereocenters. The lowest BCUT2D eigenvalue weighted by Crippen LogP contribution is -2.16. The molecule has 21 heavy (non-hydrogen) atoms. The summed E-state index contributed by atoms with van der Waals surface area (Å²) in [5.41, 5.74) is 1.84. The van der Waals surface area contributed by atoms with E-state index in [4.69, 9.17) is 0 Å². The Kier molecular flexibility index (Phi) is 4.94. The van der Waals surface area contributed by atoms with E-state index in [9.17, 15) is 9.59 Å². The molecule has 0 fully saturated rings. The van der Waals surface area contributed by atoms with E-state index in [2.05, 4.69) is 10.3 Å². The van der Waals surface area contributed by atoms with Crippen LogP contribution in [0.4, 0.5) is 0 Å². The molecule has 1 amide bonds. The molecule has 3 aromatic heterocycles. The van der Waals surface area contributed by atoms with Gasteiger partial charge in [0.1, 0.15) is 5.52 Å². The first-order valence-corrected chi connectivity index (χ1v) is 7.34. The fourth-order valence-corrected chi connectivity index (χ4v) is 2.68. The van der Waals surface area contributed by atoms with Gasteiger partial charge in [0, 0.05) is 29.7 Å². The van der Waals surface area contributed by atoms with E-state index < -0.39 is 0 Å². The maximum absolute atomic E-state index is 11.5. The second kappa shape index (κ2) is 6.90. The van der Waals surface area contributed by atoms with E-state index in [1.165, 1.54) is 4.88 Å². The van der Waals surface area contributed by atoms with Crippen LogP contribution in [0.1, 0.15) is 10.4 Å². The molecule has 0 saturated heterocycles. The van der Waals surface area contributed by atoms with Crippen LogP contribution in [0, 0.1) is 6.92 Å². The third kappa shape index (κ3) is 3.61. The molecule has 0 spiro atoms. The number of aromatic nitrogens is 2. The Hall–Kier alpha value is -2.34. The van der Waals surface area contributed by atoms with Crippen LogP contribution in [-0.2, 0) is 18.4 Å². The first-order valence-electron chi connectivity index (χ1n) is 6.46. The van der Waals surface area contributed by atoms with Crippen molar-refractivity contribution in [2.24, 2.45) is 7.05 Å². The summed E-state index contributed by atoms with van der Waals surface area (Å²) in [5, 5.41) is 5.58. The molecule has 0 saturated carbocycles. The highest BCUT2D eigenvalue weighted by atomic mass is 32.1. The van der Waals surface area contributed by atoms with E-state index in [0.29, 0.717) is 18.5 Å². The summed E-state index contributed by atoms with van der Waals surface area (Å²) in [6.07, 6.45) is 4.34. The van der Waals surface area contributed by atoms with Crippen LogP contribution in [-0.4, -0.2) is 16.0 Å². The number of aromatic amines is 1. The molecule has 0 atom stereocenters. The Morgan fingerprint density at radius 3 is 2.90 bits per heavy atom. The highest BCUT2D eigenvalue weighted by Gasteiger charge is 2.03. The maximum atomic E-state index is 11.5. The predicted molar refractivity (Wildman–Crippen MR) is 85.5 cm³/mol. The summed E-state index contributed by atoms with van der Waals surface area (Å²) in [7, 11) is 1.76. The quantitative estimate of drug-likeness (QED) is 0.728. The molecule has 5 nitrogen and oxygen atoms in total. The van der Waals surface area contributed by atoms with Gasteiger partial charge in [-0.25, -0.2) is 0 Å². The highest BCUT2D eigenvalue weighted by Crippen LogP contribution is 2.11. The smallest absolute Gasteiger partial charge is 0.274 e. The largest absolute Gasteiger partial charge is 0.357 e. The average molecular weight is 303 g/mol. The van der Waals surface area contributed by atoms with Gasteiger partial charge in [-0.2, -0.15) is 0 Å². The monoisotopic (exact) mass is 303 g/mol. The van der Waals surface area contributed by atoms with Gasteiger partial charge in [-0.1, -0.05) is 6.07 Å². The summed E-state index contributed by atoms with van der Waals surface area (Å²) in [6.45, 7) is 2.65. The number of hydrogen-bond donors (Lipinski definition) is 2. The van der Waals surface area contributed by atoms with Crippen LogP contribution in [0.15, 0.2) is 40.8 Å². The molecule has 0 radical (unpaired) electrons. The van der Waals surface area contributed by atoms with E-state index >= 15 is 0 Å². The average Bonchev–Trinajstić information content (AvgIpc) is 3.14. The number of amides is 1. The van der Waals surface area contributed by atoms with Crippen molar-refractivity contribution in [2.45, 2.75) is 13.5 Å². The summed E-state index contributed by atoms with van der Waals surface area (Å²) in [5.74, 6) is 0. The number of carbonyl (C=O) groups excluding carboxylic acids is 1. The van der Waals surface area contributed by atoms with Gasteiger partial charge in [0.05, 0.1) is 6.54 Å². The maximum Gasteiger partial charge on any atom is 0.274 e. The Bertz CT molecular complexity index is 772. The van der Waals surface area contributed by atoms with Gasteiger partial charge in [0.2, 0.25) is 6.41 Å². The first-order chi connectivity index (χ1) is 10.1. The molecule has 0 aromatic carbocycles. The number of rotatable bonds is 3. The molecular weight excluding hydrogens is 286 g/mol. The van der Waals surface area contributed by atoms with Crippen LogP contribution in [0.25, 0.3) is 10.9 Å². The summed E-state index contributed by atoms with van der Waals surface area (Å²) in [6, 6.07) is 5.87. The summed E-state index contributed by atoms with van der Waals surface area (Å²) < 4.78 is 1.59. The number of fused-ring (bicyclic) bond motifs is 1. The molecular formula is C15H17N3O2S. The summed E-state index contributed by atoms with van der Waals surface area (Å²) in [4.78, 5) is 25.4. The van der Waals surface area contributed by atoms with Crippen molar-refractivity contribution < 1.29 is 4.79 Å². The zero-order chi connectivity index (χ0) is 15.2. The standard InChI is InChI=1S/C9H10N2O.C6H7NOS/c1-6-5-11(2)9(12)8-7(6)3-4-10-8;8-5-7-4-6-2-1-3-9-6/h3-5,10H,1-2H3;1-3,5H,4H2,(H,7,8). The Balaban J connectivity index is 0.000000161. The predicted octanol–water partition coefficient (Wildman–Crippen LogP) is 2.17. The minimum absolute atomic E-state index is 0.0283. The number of nitrogens with zero attached hydrogens (tertiary/aromatic N) is 1. The van der Waals surface area contributed by atoms with Crippen molar-refractivity contribution in [1.82, 2.24) is 14.9 Å². The van der Waals surface area contributed by atoms with Gasteiger partial charge in [-0.3, -0.25) is 9.59 Å². The molecule has 3 heterocycles. The van der Waals surface area contributed by atoms with Crippen molar-refractivity contribution in [2.75, 3.05) is 0 Å². The van der Waals surface area contributed by atoms with Gasteiger partial charge in [-0.15, -0.1) is 11.3 Å². The number of hydrogen-bond acceptors (Lipinski definition) is 3. The zero-order valence-corrected chi connectivity index (χ0v) is 12.7. The lowest BCUT2D eigenvalue weighted by Gasteiger charge is -2.00. The SMILES string of the molecule is Cc1cn(C)c(=O)c2[nH]ccc12.O=CNCc1cccs1. The van der Waals surface area contributed by atoms with Crippen molar-refractivity contribution in [1.29, 1.82) is 0 Å². The molecule has 0 aliphatic carbocycles. The highest BCUT2D eigenvalue weighted by molar-refractivity contribution is 7.09. The minimum atomic E-state index is 0.0283. The third-order valence-corrected chi connectivity index (χ3v) is 3.91. The first kappa shape index (κ1) is 15.1. The Labute approximate surface area is 126 Å².